The lowest BCUT2D eigenvalue weighted by molar-refractivity contribution is 0.148. The van der Waals surface area contributed by atoms with E-state index in [2.05, 4.69) is 51.0 Å². The number of hydrogen-bond donors (Lipinski definition) is 0. The van der Waals surface area contributed by atoms with Crippen molar-refractivity contribution in [2.75, 3.05) is 33.2 Å². The third kappa shape index (κ3) is 4.51. The molecule has 2 aliphatic heterocycles. The molecular weight excluding hydrogens is 406 g/mol. The Balaban J connectivity index is 1.36. The Hall–Kier alpha value is -1.89. The van der Waals surface area contributed by atoms with Crippen LogP contribution in [0.15, 0.2) is 46.9 Å². The molecule has 1 saturated heterocycles. The first-order valence-electron chi connectivity index (χ1n) is 9.31. The highest BCUT2D eigenvalue weighted by atomic mass is 79.9. The van der Waals surface area contributed by atoms with Gasteiger partial charge < -0.3 is 9.64 Å². The van der Waals surface area contributed by atoms with Gasteiger partial charge in [-0.05, 0) is 48.0 Å². The predicted molar refractivity (Wildman–Crippen MR) is 109 cm³/mol. The molecule has 1 amide bonds. The van der Waals surface area contributed by atoms with Crippen molar-refractivity contribution in [2.45, 2.75) is 19.6 Å². The summed E-state index contributed by atoms with van der Waals surface area (Å²) >= 11 is 3.39. The predicted octanol–water partition coefficient (Wildman–Crippen LogP) is 3.71. The van der Waals surface area contributed by atoms with Gasteiger partial charge in [0.1, 0.15) is 5.75 Å². The summed E-state index contributed by atoms with van der Waals surface area (Å²) in [5, 5.41) is 0. The summed E-state index contributed by atoms with van der Waals surface area (Å²) < 4.78 is 6.46. The number of amides is 1. The van der Waals surface area contributed by atoms with E-state index in [-0.39, 0.29) is 6.09 Å². The van der Waals surface area contributed by atoms with Crippen molar-refractivity contribution < 1.29 is 9.53 Å². The largest absolute Gasteiger partial charge is 0.415 e. The summed E-state index contributed by atoms with van der Waals surface area (Å²) in [5.41, 5.74) is 3.76. The zero-order valence-electron chi connectivity index (χ0n) is 15.5. The van der Waals surface area contributed by atoms with Gasteiger partial charge in [-0.25, -0.2) is 4.79 Å². The topological polar surface area (TPSA) is 36.0 Å². The summed E-state index contributed by atoms with van der Waals surface area (Å²) in [6, 6.07) is 13.9. The van der Waals surface area contributed by atoms with Gasteiger partial charge in [0, 0.05) is 50.3 Å². The molecule has 142 valence electrons. The fourth-order valence-electron chi connectivity index (χ4n) is 3.61. The lowest BCUT2D eigenvalue weighted by Crippen LogP contribution is -2.43. The second-order valence-corrected chi connectivity index (χ2v) is 8.28. The normalized spacial score (nSPS) is 17.8. The number of halogens is 1. The van der Waals surface area contributed by atoms with Gasteiger partial charge in [0.2, 0.25) is 0 Å². The molecule has 2 aromatic rings. The molecule has 6 heteroatoms. The zero-order chi connectivity index (χ0) is 18.8. The molecule has 5 nitrogen and oxygen atoms in total. The van der Waals surface area contributed by atoms with Gasteiger partial charge in [-0.15, -0.1) is 0 Å². The number of rotatable bonds is 3. The average molecular weight is 430 g/mol. The Kier molecular flexibility index (Phi) is 5.48. The van der Waals surface area contributed by atoms with E-state index in [4.69, 9.17) is 4.74 Å². The Morgan fingerprint density at radius 3 is 2.44 bits per heavy atom. The number of piperazine rings is 1. The van der Waals surface area contributed by atoms with Crippen LogP contribution in [0.3, 0.4) is 0 Å². The first-order chi connectivity index (χ1) is 13.1. The van der Waals surface area contributed by atoms with Crippen molar-refractivity contribution in [3.63, 3.8) is 0 Å². The van der Waals surface area contributed by atoms with Crippen LogP contribution in [0.4, 0.5) is 4.79 Å². The van der Waals surface area contributed by atoms with Crippen LogP contribution in [-0.2, 0) is 19.6 Å². The Bertz CT molecular complexity index is 817. The van der Waals surface area contributed by atoms with Crippen LogP contribution in [0, 0.1) is 0 Å². The summed E-state index contributed by atoms with van der Waals surface area (Å²) in [4.78, 5) is 19.1. The fraction of sp³-hybridized carbons (Fsp3) is 0.381. The van der Waals surface area contributed by atoms with Crippen molar-refractivity contribution in [2.24, 2.45) is 0 Å². The average Bonchev–Trinajstić information content (AvgIpc) is 3.09. The number of hydrogen-bond acceptors (Lipinski definition) is 4. The van der Waals surface area contributed by atoms with E-state index in [1.807, 2.05) is 12.1 Å². The summed E-state index contributed by atoms with van der Waals surface area (Å²) in [6.07, 6.45) is -0.297. The minimum absolute atomic E-state index is 0.297. The van der Waals surface area contributed by atoms with Crippen molar-refractivity contribution >= 4 is 22.0 Å². The number of ether oxygens (including phenoxy) is 1. The van der Waals surface area contributed by atoms with Crippen molar-refractivity contribution in [3.05, 3.63) is 63.6 Å². The minimum Gasteiger partial charge on any atom is -0.410 e. The molecule has 0 N–H and O–H groups in total. The van der Waals surface area contributed by atoms with Gasteiger partial charge in [0.25, 0.3) is 0 Å². The van der Waals surface area contributed by atoms with Gasteiger partial charge in [-0.3, -0.25) is 9.80 Å². The number of carbonyl (C=O) groups is 1. The maximum Gasteiger partial charge on any atom is 0.415 e. The molecule has 0 saturated carbocycles. The van der Waals surface area contributed by atoms with Crippen LogP contribution in [0.25, 0.3) is 0 Å². The lowest BCUT2D eigenvalue weighted by Gasteiger charge is -2.32. The Morgan fingerprint density at radius 2 is 1.70 bits per heavy atom. The fourth-order valence-corrected chi connectivity index (χ4v) is 3.87. The number of likely N-dealkylation sites (N-methyl/N-ethyl adjacent to an activating group) is 1. The summed E-state index contributed by atoms with van der Waals surface area (Å²) in [5.74, 6) is 0.565. The zero-order valence-corrected chi connectivity index (χ0v) is 17.1. The van der Waals surface area contributed by atoms with E-state index in [0.29, 0.717) is 18.8 Å². The highest BCUT2D eigenvalue weighted by Gasteiger charge is 2.25. The standard InChI is InChI=1S/C21H24BrN3O2/c1-23-8-10-24(11-9-23)13-16-2-3-17-14-25(15-18(17)12-16)21(26)27-20-6-4-19(22)5-7-20/h2-7,12H,8-11,13-15H2,1H3. The monoisotopic (exact) mass is 429 g/mol. The molecule has 0 unspecified atom stereocenters. The Morgan fingerprint density at radius 1 is 1.00 bits per heavy atom. The summed E-state index contributed by atoms with van der Waals surface area (Å²) in [6.45, 7) is 6.67. The van der Waals surface area contributed by atoms with Gasteiger partial charge in [-0.2, -0.15) is 0 Å². The van der Waals surface area contributed by atoms with E-state index >= 15 is 0 Å². The number of nitrogens with zero attached hydrogens (tertiary/aromatic N) is 3. The third-order valence-corrected chi connectivity index (χ3v) is 5.80. The molecule has 0 aromatic heterocycles. The van der Waals surface area contributed by atoms with E-state index < -0.39 is 0 Å². The molecule has 2 aromatic carbocycles. The molecule has 2 aliphatic rings. The van der Waals surface area contributed by atoms with Gasteiger partial charge >= 0.3 is 6.09 Å². The second-order valence-electron chi connectivity index (χ2n) is 7.36. The van der Waals surface area contributed by atoms with Crippen LogP contribution in [-0.4, -0.2) is 54.0 Å². The van der Waals surface area contributed by atoms with Crippen LogP contribution in [0.5, 0.6) is 5.75 Å². The SMILES string of the molecule is CN1CCN(Cc2ccc3c(c2)CN(C(=O)Oc2ccc(Br)cc2)C3)CC1. The highest BCUT2D eigenvalue weighted by Crippen LogP contribution is 2.26. The molecule has 2 heterocycles. The molecule has 0 spiro atoms. The van der Waals surface area contributed by atoms with E-state index in [0.717, 1.165) is 37.2 Å². The number of carbonyl (C=O) groups excluding carboxylic acids is 1. The quantitative estimate of drug-likeness (QED) is 0.744. The lowest BCUT2D eigenvalue weighted by atomic mass is 10.1. The Labute approximate surface area is 168 Å². The van der Waals surface area contributed by atoms with Crippen molar-refractivity contribution in [1.29, 1.82) is 0 Å². The van der Waals surface area contributed by atoms with Gasteiger partial charge in [0.05, 0.1) is 0 Å². The van der Waals surface area contributed by atoms with E-state index in [9.17, 15) is 4.79 Å². The van der Waals surface area contributed by atoms with E-state index in [1.165, 1.54) is 16.7 Å². The first-order valence-corrected chi connectivity index (χ1v) is 10.1. The molecule has 0 atom stereocenters. The number of fused-ring (bicyclic) bond motifs is 1. The highest BCUT2D eigenvalue weighted by molar-refractivity contribution is 9.10. The molecule has 27 heavy (non-hydrogen) atoms. The van der Waals surface area contributed by atoms with Crippen LogP contribution in [0.1, 0.15) is 16.7 Å². The van der Waals surface area contributed by atoms with Gasteiger partial charge in [-0.1, -0.05) is 34.1 Å². The molecule has 1 fully saturated rings. The maximum atomic E-state index is 12.5. The smallest absolute Gasteiger partial charge is 0.410 e. The number of benzene rings is 2. The molecular formula is C21H24BrN3O2. The summed E-state index contributed by atoms with van der Waals surface area (Å²) in [7, 11) is 2.18. The maximum absolute atomic E-state index is 12.5. The van der Waals surface area contributed by atoms with Gasteiger partial charge in [0.15, 0.2) is 0 Å². The molecule has 4 rings (SSSR count). The molecule has 0 bridgehead atoms. The van der Waals surface area contributed by atoms with E-state index in [1.54, 1.807) is 17.0 Å². The van der Waals surface area contributed by atoms with Crippen LogP contribution < -0.4 is 4.74 Å². The second kappa shape index (κ2) is 8.00. The van der Waals surface area contributed by atoms with Crippen molar-refractivity contribution in [3.8, 4) is 5.75 Å². The first kappa shape index (κ1) is 18.5. The van der Waals surface area contributed by atoms with Crippen LogP contribution in [0.2, 0.25) is 0 Å². The third-order valence-electron chi connectivity index (χ3n) is 5.27. The van der Waals surface area contributed by atoms with Crippen molar-refractivity contribution in [1.82, 2.24) is 14.7 Å². The minimum atomic E-state index is -0.297. The van der Waals surface area contributed by atoms with Crippen LogP contribution >= 0.6 is 15.9 Å². The molecule has 0 aliphatic carbocycles. The molecule has 0 radical (unpaired) electrons.